The third kappa shape index (κ3) is 3.32. The summed E-state index contributed by atoms with van der Waals surface area (Å²) in [6.45, 7) is 0. The molecule has 1 aliphatic heterocycles. The van der Waals surface area contributed by atoms with E-state index >= 15 is 0 Å². The zero-order valence-electron chi connectivity index (χ0n) is 5.86. The van der Waals surface area contributed by atoms with Crippen LogP contribution in [0, 0.1) is 0 Å². The van der Waals surface area contributed by atoms with Crippen molar-refractivity contribution in [3.8, 4) is 0 Å². The molecule has 78 valence electrons. The lowest BCUT2D eigenvalue weighted by molar-refractivity contribution is 0.138. The van der Waals surface area contributed by atoms with Crippen molar-refractivity contribution in [3.05, 3.63) is 0 Å². The normalized spacial score (nSPS) is 31.6. The molecule has 3 unspecified atom stereocenters. The summed E-state index contributed by atoms with van der Waals surface area (Å²) in [5, 5.41) is 9.36. The Labute approximate surface area is 105 Å². The van der Waals surface area contributed by atoms with Crippen LogP contribution in [-0.4, -0.2) is 31.0 Å². The lowest BCUT2D eigenvalue weighted by atomic mass is 10.2. The molecule has 1 rings (SSSR count). The van der Waals surface area contributed by atoms with Crippen LogP contribution in [0.25, 0.3) is 0 Å². The van der Waals surface area contributed by atoms with Crippen molar-refractivity contribution in [1.29, 1.82) is 0 Å². The van der Waals surface area contributed by atoms with Gasteiger partial charge in [-0.1, -0.05) is 69.6 Å². The smallest absolute Gasteiger partial charge is 0.218 e. The number of epoxide rings is 1. The van der Waals surface area contributed by atoms with E-state index < -0.39 is 25.9 Å². The molecule has 0 aliphatic carbocycles. The number of aliphatic hydroxyl groups is 1. The molecule has 3 atom stereocenters. The molecule has 1 saturated heterocycles. The van der Waals surface area contributed by atoms with Crippen LogP contribution in [0.15, 0.2) is 0 Å². The van der Waals surface area contributed by atoms with Gasteiger partial charge in [0.05, 0.1) is 0 Å². The molecule has 0 spiro atoms. The highest BCUT2D eigenvalue weighted by molar-refractivity contribution is 6.69. The Morgan fingerprint density at radius 3 is 1.77 bits per heavy atom. The second-order valence-electron chi connectivity index (χ2n) is 2.55. The van der Waals surface area contributed by atoms with Crippen LogP contribution >= 0.6 is 69.6 Å². The first-order chi connectivity index (χ1) is 5.64. The number of ether oxygens (including phenoxy) is 1. The lowest BCUT2D eigenvalue weighted by Crippen LogP contribution is -2.34. The Morgan fingerprint density at radius 1 is 1.08 bits per heavy atom. The third-order valence-corrected chi connectivity index (χ3v) is 2.81. The molecule has 0 saturated carbocycles. The fourth-order valence-electron chi connectivity index (χ4n) is 0.814. The summed E-state index contributed by atoms with van der Waals surface area (Å²) in [4.78, 5) is 0. The van der Waals surface area contributed by atoms with E-state index in [1.165, 1.54) is 0 Å². The summed E-state index contributed by atoms with van der Waals surface area (Å²) < 4.78 is 1.42. The minimum atomic E-state index is -1.84. The van der Waals surface area contributed by atoms with E-state index in [1.807, 2.05) is 0 Å². The van der Waals surface area contributed by atoms with Crippen LogP contribution in [0.2, 0.25) is 0 Å². The quantitative estimate of drug-likeness (QED) is 0.597. The maximum atomic E-state index is 9.36. The molecule has 1 N–H and O–H groups in total. The number of aliphatic hydroxyl groups excluding tert-OH is 1. The van der Waals surface area contributed by atoms with Crippen LogP contribution < -0.4 is 0 Å². The largest absolute Gasteiger partial charge is 0.386 e. The van der Waals surface area contributed by atoms with Gasteiger partial charge in [-0.2, -0.15) is 0 Å². The van der Waals surface area contributed by atoms with Gasteiger partial charge in [0.25, 0.3) is 0 Å². The second kappa shape index (κ2) is 3.91. The predicted octanol–water partition coefficient (Wildman–Crippen LogP) is 2.86. The van der Waals surface area contributed by atoms with Crippen LogP contribution in [0.3, 0.4) is 0 Å². The molecule has 0 aromatic carbocycles. The fourth-order valence-corrected chi connectivity index (χ4v) is 1.71. The molecule has 1 aliphatic rings. The Morgan fingerprint density at radius 2 is 1.54 bits per heavy atom. The summed E-state index contributed by atoms with van der Waals surface area (Å²) >= 11 is 32.7. The maximum Gasteiger partial charge on any atom is 0.218 e. The summed E-state index contributed by atoms with van der Waals surface area (Å²) in [5.74, 6) is 0. The number of alkyl halides is 6. The van der Waals surface area contributed by atoms with E-state index in [0.29, 0.717) is 0 Å². The SMILES string of the molecule is OC(C1OC1C(Cl)(Cl)Cl)C(Cl)(Cl)Cl. The molecule has 0 amide bonds. The minimum Gasteiger partial charge on any atom is -0.386 e. The van der Waals surface area contributed by atoms with Crippen molar-refractivity contribution in [2.75, 3.05) is 0 Å². The average molecular weight is 309 g/mol. The summed E-state index contributed by atoms with van der Waals surface area (Å²) in [7, 11) is 0. The van der Waals surface area contributed by atoms with Crippen molar-refractivity contribution in [3.63, 3.8) is 0 Å². The van der Waals surface area contributed by atoms with Gasteiger partial charge in [0.1, 0.15) is 18.3 Å². The zero-order valence-corrected chi connectivity index (χ0v) is 10.4. The molecule has 0 aromatic rings. The van der Waals surface area contributed by atoms with Crippen LogP contribution in [0.5, 0.6) is 0 Å². The van der Waals surface area contributed by atoms with Gasteiger partial charge >= 0.3 is 0 Å². The first kappa shape index (κ1) is 12.7. The Kier molecular flexibility index (Phi) is 3.83. The van der Waals surface area contributed by atoms with Gasteiger partial charge in [-0.25, -0.2) is 0 Å². The molecular weight excluding hydrogens is 305 g/mol. The molecule has 0 bridgehead atoms. The van der Waals surface area contributed by atoms with E-state index in [9.17, 15) is 5.11 Å². The van der Waals surface area contributed by atoms with Crippen molar-refractivity contribution < 1.29 is 9.84 Å². The Balaban J connectivity index is 2.52. The molecule has 13 heavy (non-hydrogen) atoms. The molecule has 2 nitrogen and oxygen atoms in total. The van der Waals surface area contributed by atoms with Gasteiger partial charge in [0.2, 0.25) is 7.59 Å². The summed E-state index contributed by atoms with van der Waals surface area (Å²) in [6, 6.07) is 0. The van der Waals surface area contributed by atoms with E-state index in [4.69, 9.17) is 74.3 Å². The van der Waals surface area contributed by atoms with Gasteiger partial charge < -0.3 is 9.84 Å². The van der Waals surface area contributed by atoms with Gasteiger partial charge in [-0.3, -0.25) is 0 Å². The molecule has 0 radical (unpaired) electrons. The lowest BCUT2D eigenvalue weighted by Gasteiger charge is -2.17. The summed E-state index contributed by atoms with van der Waals surface area (Å²) in [5.41, 5.74) is 0. The fraction of sp³-hybridized carbons (Fsp3) is 1.00. The predicted molar refractivity (Wildman–Crippen MR) is 55.2 cm³/mol. The third-order valence-electron chi connectivity index (χ3n) is 1.49. The number of hydrogen-bond donors (Lipinski definition) is 1. The number of halogens is 6. The first-order valence-electron chi connectivity index (χ1n) is 3.11. The Bertz CT molecular complexity index is 196. The van der Waals surface area contributed by atoms with E-state index in [2.05, 4.69) is 0 Å². The minimum absolute atomic E-state index is 0.733. The van der Waals surface area contributed by atoms with Crippen LogP contribution in [0.1, 0.15) is 0 Å². The highest BCUT2D eigenvalue weighted by Crippen LogP contribution is 2.48. The standard InChI is InChI=1S/C5H4Cl6O2/c6-4(7,8)2(12)1-3(13-1)5(9,10)11/h1-3,12H. The van der Waals surface area contributed by atoms with E-state index in [0.717, 1.165) is 0 Å². The zero-order chi connectivity index (χ0) is 10.4. The van der Waals surface area contributed by atoms with Gasteiger partial charge in [-0.15, -0.1) is 0 Å². The van der Waals surface area contributed by atoms with Crippen LogP contribution in [0.4, 0.5) is 0 Å². The molecule has 0 aromatic heterocycles. The van der Waals surface area contributed by atoms with Gasteiger partial charge in [0, 0.05) is 0 Å². The Hall–Kier alpha value is 1.66. The second-order valence-corrected chi connectivity index (χ2v) is 7.29. The van der Waals surface area contributed by atoms with Gasteiger partial charge in [-0.05, 0) is 0 Å². The monoisotopic (exact) mass is 306 g/mol. The molecule has 1 fully saturated rings. The highest BCUT2D eigenvalue weighted by atomic mass is 35.6. The number of hydrogen-bond acceptors (Lipinski definition) is 2. The van der Waals surface area contributed by atoms with Crippen molar-refractivity contribution >= 4 is 69.6 Å². The highest BCUT2D eigenvalue weighted by Gasteiger charge is 2.59. The van der Waals surface area contributed by atoms with Gasteiger partial charge in [0.15, 0.2) is 0 Å². The van der Waals surface area contributed by atoms with E-state index in [-0.39, 0.29) is 0 Å². The molecular formula is C5H4Cl6O2. The van der Waals surface area contributed by atoms with Crippen molar-refractivity contribution in [2.24, 2.45) is 0 Å². The average Bonchev–Trinajstić information content (AvgIpc) is 2.58. The number of rotatable bonds is 1. The molecule has 8 heteroatoms. The molecule has 1 heterocycles. The summed E-state index contributed by atoms with van der Waals surface area (Å²) in [6.07, 6.45) is -2.79. The van der Waals surface area contributed by atoms with Crippen molar-refractivity contribution in [1.82, 2.24) is 0 Å². The van der Waals surface area contributed by atoms with E-state index in [1.54, 1.807) is 0 Å². The first-order valence-corrected chi connectivity index (χ1v) is 5.38. The maximum absolute atomic E-state index is 9.36. The van der Waals surface area contributed by atoms with Crippen LogP contribution in [-0.2, 0) is 4.74 Å². The topological polar surface area (TPSA) is 32.8 Å². The van der Waals surface area contributed by atoms with Crippen molar-refractivity contribution in [2.45, 2.75) is 25.9 Å².